The van der Waals surface area contributed by atoms with Crippen LogP contribution in [0.5, 0.6) is 0 Å². The molecule has 1 aliphatic heterocycles. The number of hydrogen-bond acceptors (Lipinski definition) is 4. The van der Waals surface area contributed by atoms with E-state index in [9.17, 15) is 17.2 Å². The number of piperidine rings is 1. The number of methoxy groups -OCH3 is 1. The van der Waals surface area contributed by atoms with Crippen LogP contribution in [-0.4, -0.2) is 41.8 Å². The van der Waals surface area contributed by atoms with E-state index < -0.39 is 26.6 Å². The number of hydrogen-bond donors (Lipinski definition) is 2. The lowest BCUT2D eigenvalue weighted by Gasteiger charge is -2.37. The molecule has 0 saturated carbocycles. The molecule has 0 spiro atoms. The largest absolute Gasteiger partial charge is 0.384 e. The summed E-state index contributed by atoms with van der Waals surface area (Å²) in [6.07, 6.45) is 1.53. The van der Waals surface area contributed by atoms with Crippen molar-refractivity contribution in [2.24, 2.45) is 5.41 Å². The van der Waals surface area contributed by atoms with Crippen LogP contribution in [0, 0.1) is 17.0 Å². The van der Waals surface area contributed by atoms with Crippen molar-refractivity contribution in [3.05, 3.63) is 29.8 Å². The number of benzene rings is 1. The number of sulfonamides is 1. The van der Waals surface area contributed by atoms with Gasteiger partial charge in [-0.05, 0) is 38.1 Å². The Hall–Kier alpha value is -0.800. The maximum atomic E-state index is 13.2. The second kappa shape index (κ2) is 8.34. The average Bonchev–Trinajstić information content (AvgIpc) is 2.46. The van der Waals surface area contributed by atoms with Crippen LogP contribution < -0.4 is 10.0 Å². The molecule has 132 valence electrons. The first-order valence-electron chi connectivity index (χ1n) is 7.02. The van der Waals surface area contributed by atoms with Crippen LogP contribution >= 0.6 is 12.4 Å². The number of ether oxygens (including phenoxy) is 1. The van der Waals surface area contributed by atoms with Crippen molar-refractivity contribution in [2.45, 2.75) is 17.7 Å². The van der Waals surface area contributed by atoms with E-state index in [1.54, 1.807) is 7.11 Å². The van der Waals surface area contributed by atoms with Gasteiger partial charge in [-0.1, -0.05) is 0 Å². The van der Waals surface area contributed by atoms with E-state index in [1.807, 2.05) is 0 Å². The molecule has 1 heterocycles. The fourth-order valence-corrected chi connectivity index (χ4v) is 3.85. The first-order chi connectivity index (χ1) is 10.4. The van der Waals surface area contributed by atoms with Crippen LogP contribution in [0.1, 0.15) is 12.8 Å². The standard InChI is InChI=1S/C14H20F2N2O3S.ClH/c1-21-10-14(2-4-17-5-3-14)9-18-22(19,20)13-7-11(15)6-12(16)8-13;/h6-8,17-18H,2-5,9-10H2,1H3;1H. The predicted molar refractivity (Wildman–Crippen MR) is 85.2 cm³/mol. The molecular formula is C14H21ClF2N2O3S. The van der Waals surface area contributed by atoms with E-state index in [4.69, 9.17) is 4.74 Å². The van der Waals surface area contributed by atoms with Gasteiger partial charge in [0.1, 0.15) is 11.6 Å². The average molecular weight is 371 g/mol. The monoisotopic (exact) mass is 370 g/mol. The van der Waals surface area contributed by atoms with E-state index in [1.165, 1.54) is 0 Å². The molecule has 0 aliphatic carbocycles. The van der Waals surface area contributed by atoms with Gasteiger partial charge >= 0.3 is 0 Å². The quantitative estimate of drug-likeness (QED) is 0.799. The van der Waals surface area contributed by atoms with Gasteiger partial charge in [-0.15, -0.1) is 12.4 Å². The molecule has 0 amide bonds. The minimum absolute atomic E-state index is 0. The Labute approximate surface area is 141 Å². The van der Waals surface area contributed by atoms with Gasteiger partial charge in [-0.3, -0.25) is 0 Å². The maximum Gasteiger partial charge on any atom is 0.240 e. The van der Waals surface area contributed by atoms with Crippen molar-refractivity contribution in [3.8, 4) is 0 Å². The molecule has 1 aromatic carbocycles. The predicted octanol–water partition coefficient (Wildman–Crippen LogP) is 1.68. The Morgan fingerprint density at radius 3 is 2.30 bits per heavy atom. The smallest absolute Gasteiger partial charge is 0.240 e. The first kappa shape index (κ1) is 20.2. The summed E-state index contributed by atoms with van der Waals surface area (Å²) in [6, 6.07) is 2.24. The summed E-state index contributed by atoms with van der Waals surface area (Å²) >= 11 is 0. The maximum absolute atomic E-state index is 13.2. The molecule has 5 nitrogen and oxygen atoms in total. The third-order valence-corrected chi connectivity index (χ3v) is 5.28. The van der Waals surface area contributed by atoms with Gasteiger partial charge in [-0.2, -0.15) is 0 Å². The SMILES string of the molecule is COCC1(CNS(=O)(=O)c2cc(F)cc(F)c2)CCNCC1.Cl. The van der Waals surface area contributed by atoms with Gasteiger partial charge in [-0.25, -0.2) is 21.9 Å². The second-order valence-electron chi connectivity index (χ2n) is 5.61. The molecule has 1 aliphatic rings. The van der Waals surface area contributed by atoms with Crippen molar-refractivity contribution in [2.75, 3.05) is 33.4 Å². The topological polar surface area (TPSA) is 67.4 Å². The number of nitrogens with one attached hydrogen (secondary N) is 2. The molecule has 0 atom stereocenters. The molecule has 1 saturated heterocycles. The molecule has 2 N–H and O–H groups in total. The molecule has 0 bridgehead atoms. The highest BCUT2D eigenvalue weighted by atomic mass is 35.5. The van der Waals surface area contributed by atoms with Crippen molar-refractivity contribution >= 4 is 22.4 Å². The van der Waals surface area contributed by atoms with Crippen LogP contribution in [0.3, 0.4) is 0 Å². The summed E-state index contributed by atoms with van der Waals surface area (Å²) in [5.41, 5.74) is -0.307. The highest BCUT2D eigenvalue weighted by Gasteiger charge is 2.33. The number of halogens is 3. The van der Waals surface area contributed by atoms with Crippen molar-refractivity contribution < 1.29 is 21.9 Å². The molecule has 2 rings (SSSR count). The van der Waals surface area contributed by atoms with Crippen molar-refractivity contribution in [3.63, 3.8) is 0 Å². The summed E-state index contributed by atoms with van der Waals surface area (Å²) in [5.74, 6) is -1.84. The van der Waals surface area contributed by atoms with Crippen molar-refractivity contribution in [1.29, 1.82) is 0 Å². The normalized spacial score (nSPS) is 17.5. The van der Waals surface area contributed by atoms with E-state index in [0.717, 1.165) is 38.1 Å². The summed E-state index contributed by atoms with van der Waals surface area (Å²) in [6.45, 7) is 2.15. The highest BCUT2D eigenvalue weighted by molar-refractivity contribution is 7.89. The molecular weight excluding hydrogens is 350 g/mol. The number of rotatable bonds is 6. The zero-order valence-corrected chi connectivity index (χ0v) is 14.4. The summed E-state index contributed by atoms with van der Waals surface area (Å²) in [7, 11) is -2.40. The van der Waals surface area contributed by atoms with Crippen LogP contribution in [0.2, 0.25) is 0 Å². The van der Waals surface area contributed by atoms with Gasteiger partial charge < -0.3 is 10.1 Å². The van der Waals surface area contributed by atoms with E-state index in [2.05, 4.69) is 10.0 Å². The fourth-order valence-electron chi connectivity index (χ4n) is 2.65. The molecule has 1 aromatic rings. The van der Waals surface area contributed by atoms with Gasteiger partial charge in [0.2, 0.25) is 10.0 Å². The lowest BCUT2D eigenvalue weighted by Crippen LogP contribution is -2.47. The second-order valence-corrected chi connectivity index (χ2v) is 7.38. The molecule has 0 radical (unpaired) electrons. The lowest BCUT2D eigenvalue weighted by molar-refractivity contribution is 0.0577. The Bertz CT molecular complexity index is 597. The summed E-state index contributed by atoms with van der Waals surface area (Å²) in [5, 5.41) is 3.21. The highest BCUT2D eigenvalue weighted by Crippen LogP contribution is 2.29. The van der Waals surface area contributed by atoms with Crippen LogP contribution in [0.25, 0.3) is 0 Å². The molecule has 0 aromatic heterocycles. The molecule has 9 heteroatoms. The van der Waals surface area contributed by atoms with Gasteiger partial charge in [0, 0.05) is 25.1 Å². The third-order valence-electron chi connectivity index (χ3n) is 3.90. The van der Waals surface area contributed by atoms with Crippen molar-refractivity contribution in [1.82, 2.24) is 10.0 Å². The Morgan fingerprint density at radius 2 is 1.78 bits per heavy atom. The fraction of sp³-hybridized carbons (Fsp3) is 0.571. The van der Waals surface area contributed by atoms with E-state index in [-0.39, 0.29) is 24.4 Å². The van der Waals surface area contributed by atoms with Gasteiger partial charge in [0.15, 0.2) is 0 Å². The zero-order valence-electron chi connectivity index (χ0n) is 12.8. The molecule has 0 unspecified atom stereocenters. The van der Waals surface area contributed by atoms with Gasteiger partial charge in [0.25, 0.3) is 0 Å². The zero-order chi connectivity index (χ0) is 16.2. The van der Waals surface area contributed by atoms with E-state index >= 15 is 0 Å². The van der Waals surface area contributed by atoms with E-state index in [0.29, 0.717) is 12.7 Å². The first-order valence-corrected chi connectivity index (χ1v) is 8.51. The Balaban J connectivity index is 0.00000264. The third kappa shape index (κ3) is 5.36. The minimum atomic E-state index is -3.97. The van der Waals surface area contributed by atoms with Gasteiger partial charge in [0.05, 0.1) is 11.5 Å². The lowest BCUT2D eigenvalue weighted by atomic mass is 9.80. The summed E-state index contributed by atoms with van der Waals surface area (Å²) in [4.78, 5) is -0.411. The van der Waals surface area contributed by atoms with Crippen LogP contribution in [0.4, 0.5) is 8.78 Å². The molecule has 1 fully saturated rings. The van der Waals surface area contributed by atoms with Crippen LogP contribution in [0.15, 0.2) is 23.1 Å². The Kier molecular flexibility index (Phi) is 7.34. The Morgan fingerprint density at radius 1 is 1.22 bits per heavy atom. The summed E-state index contributed by atoms with van der Waals surface area (Å²) < 4.78 is 58.5. The molecule has 23 heavy (non-hydrogen) atoms. The minimum Gasteiger partial charge on any atom is -0.384 e. The van der Waals surface area contributed by atoms with Crippen LogP contribution in [-0.2, 0) is 14.8 Å².